The van der Waals surface area contributed by atoms with Gasteiger partial charge >= 0.3 is 6.03 Å². The Bertz CT molecular complexity index is 481. The predicted molar refractivity (Wildman–Crippen MR) is 59.3 cm³/mol. The van der Waals surface area contributed by atoms with Crippen LogP contribution < -0.4 is 10.2 Å². The first-order valence-electron chi connectivity index (χ1n) is 4.93. The van der Waals surface area contributed by atoms with Crippen LogP contribution >= 0.6 is 11.6 Å². The molecule has 0 saturated carbocycles. The van der Waals surface area contributed by atoms with Crippen LogP contribution in [0.15, 0.2) is 12.3 Å². The van der Waals surface area contributed by atoms with Gasteiger partial charge < -0.3 is 0 Å². The summed E-state index contributed by atoms with van der Waals surface area (Å²) in [5.74, 6) is -0.677. The Morgan fingerprint density at radius 3 is 2.88 bits per heavy atom. The molecule has 3 amide bonds. The maximum Gasteiger partial charge on any atom is 0.329 e. The van der Waals surface area contributed by atoms with E-state index in [1.165, 1.54) is 11.1 Å². The summed E-state index contributed by atoms with van der Waals surface area (Å²) < 4.78 is 13.5. The molecule has 1 saturated heterocycles. The fourth-order valence-corrected chi connectivity index (χ4v) is 1.67. The van der Waals surface area contributed by atoms with Gasteiger partial charge in [0.25, 0.3) is 0 Å². The molecule has 17 heavy (non-hydrogen) atoms. The number of pyridine rings is 1. The molecule has 2 heterocycles. The van der Waals surface area contributed by atoms with Gasteiger partial charge in [-0.05, 0) is 0 Å². The van der Waals surface area contributed by atoms with Crippen LogP contribution in [0.2, 0.25) is 0 Å². The van der Waals surface area contributed by atoms with Crippen molar-refractivity contribution in [2.24, 2.45) is 0 Å². The van der Waals surface area contributed by atoms with Crippen LogP contribution in [0.1, 0.15) is 12.0 Å². The second kappa shape index (κ2) is 4.67. The zero-order chi connectivity index (χ0) is 12.4. The minimum absolute atomic E-state index is 0.0177. The molecule has 0 aliphatic carbocycles. The number of urea groups is 1. The summed E-state index contributed by atoms with van der Waals surface area (Å²) in [4.78, 5) is 27.6. The lowest BCUT2D eigenvalue weighted by Crippen LogP contribution is -2.49. The SMILES string of the molecule is O=C1CCN(c2cc(F)c(CCl)cn2)C(=O)N1. The summed E-state index contributed by atoms with van der Waals surface area (Å²) in [5.41, 5.74) is 0.268. The van der Waals surface area contributed by atoms with Crippen LogP contribution in [0.5, 0.6) is 0 Å². The minimum Gasteiger partial charge on any atom is -0.278 e. The van der Waals surface area contributed by atoms with E-state index >= 15 is 0 Å². The maximum absolute atomic E-state index is 13.5. The molecule has 0 spiro atoms. The molecule has 2 rings (SSSR count). The fraction of sp³-hybridized carbons (Fsp3) is 0.300. The number of imide groups is 1. The number of hydrogen-bond acceptors (Lipinski definition) is 3. The van der Waals surface area contributed by atoms with Gasteiger partial charge in [0.15, 0.2) is 0 Å². The summed E-state index contributed by atoms with van der Waals surface area (Å²) in [7, 11) is 0. The average molecular weight is 258 g/mol. The molecule has 1 fully saturated rings. The second-order valence-corrected chi connectivity index (χ2v) is 3.79. The summed E-state index contributed by atoms with van der Waals surface area (Å²) in [6, 6.07) is 0.541. The van der Waals surface area contributed by atoms with Crippen molar-refractivity contribution in [2.75, 3.05) is 11.4 Å². The van der Waals surface area contributed by atoms with Gasteiger partial charge in [0.1, 0.15) is 11.6 Å². The summed E-state index contributed by atoms with van der Waals surface area (Å²) >= 11 is 5.50. The molecule has 5 nitrogen and oxygen atoms in total. The van der Waals surface area contributed by atoms with Crippen molar-refractivity contribution in [3.8, 4) is 0 Å². The number of carbonyl (C=O) groups excluding carboxylic acids is 2. The third-order valence-corrected chi connectivity index (χ3v) is 2.68. The Labute approximate surface area is 102 Å². The van der Waals surface area contributed by atoms with Crippen LogP contribution in [-0.2, 0) is 10.7 Å². The Hall–Kier alpha value is -1.69. The van der Waals surface area contributed by atoms with Gasteiger partial charge in [-0.15, -0.1) is 11.6 Å². The summed E-state index contributed by atoms with van der Waals surface area (Å²) in [6.07, 6.45) is 1.45. The number of aromatic nitrogens is 1. The molecular weight excluding hydrogens is 249 g/mol. The Morgan fingerprint density at radius 2 is 2.29 bits per heavy atom. The molecule has 1 aliphatic rings. The van der Waals surface area contributed by atoms with Gasteiger partial charge in [-0.25, -0.2) is 14.2 Å². The Morgan fingerprint density at radius 1 is 1.53 bits per heavy atom. The van der Waals surface area contributed by atoms with E-state index in [0.717, 1.165) is 6.07 Å². The first kappa shape index (κ1) is 11.8. The molecule has 0 unspecified atom stereocenters. The topological polar surface area (TPSA) is 62.3 Å². The average Bonchev–Trinajstić information content (AvgIpc) is 2.29. The van der Waals surface area contributed by atoms with Gasteiger partial charge in [-0.3, -0.25) is 15.0 Å². The quantitative estimate of drug-likeness (QED) is 0.815. The third-order valence-electron chi connectivity index (χ3n) is 2.39. The molecule has 0 bridgehead atoms. The van der Waals surface area contributed by atoms with E-state index in [9.17, 15) is 14.0 Å². The number of carbonyl (C=O) groups is 2. The van der Waals surface area contributed by atoms with Crippen molar-refractivity contribution < 1.29 is 14.0 Å². The van der Waals surface area contributed by atoms with Crippen molar-refractivity contribution in [3.05, 3.63) is 23.6 Å². The zero-order valence-electron chi connectivity index (χ0n) is 8.74. The number of halogens is 2. The van der Waals surface area contributed by atoms with E-state index in [4.69, 9.17) is 11.6 Å². The highest BCUT2D eigenvalue weighted by atomic mass is 35.5. The van der Waals surface area contributed by atoms with Crippen LogP contribution in [0.3, 0.4) is 0 Å². The maximum atomic E-state index is 13.5. The van der Waals surface area contributed by atoms with Gasteiger partial charge in [0, 0.05) is 30.8 Å². The Balaban J connectivity index is 2.25. The highest BCUT2D eigenvalue weighted by Crippen LogP contribution is 2.18. The lowest BCUT2D eigenvalue weighted by molar-refractivity contribution is -0.120. The van der Waals surface area contributed by atoms with Gasteiger partial charge in [0.2, 0.25) is 5.91 Å². The fourth-order valence-electron chi connectivity index (χ4n) is 1.48. The summed E-state index contributed by atoms with van der Waals surface area (Å²) in [6.45, 7) is 0.192. The molecule has 1 aliphatic heterocycles. The van der Waals surface area contributed by atoms with Gasteiger partial charge in [-0.2, -0.15) is 0 Å². The normalized spacial score (nSPS) is 16.0. The molecule has 1 N–H and O–H groups in total. The lowest BCUT2D eigenvalue weighted by Gasteiger charge is -2.25. The van der Waals surface area contributed by atoms with E-state index < -0.39 is 11.8 Å². The Kier molecular flexibility index (Phi) is 3.23. The van der Waals surface area contributed by atoms with Crippen molar-refractivity contribution in [1.82, 2.24) is 10.3 Å². The largest absolute Gasteiger partial charge is 0.329 e. The predicted octanol–water partition coefficient (Wildman–Crippen LogP) is 1.41. The van der Waals surface area contributed by atoms with Crippen molar-refractivity contribution in [1.29, 1.82) is 0 Å². The first-order chi connectivity index (χ1) is 8.11. The smallest absolute Gasteiger partial charge is 0.278 e. The van der Waals surface area contributed by atoms with E-state index in [1.807, 2.05) is 0 Å². The van der Waals surface area contributed by atoms with E-state index in [1.54, 1.807) is 0 Å². The number of rotatable bonds is 2. The number of alkyl halides is 1. The second-order valence-electron chi connectivity index (χ2n) is 3.52. The van der Waals surface area contributed by atoms with Crippen LogP contribution in [-0.4, -0.2) is 23.5 Å². The number of nitrogens with zero attached hydrogens (tertiary/aromatic N) is 2. The molecule has 0 atom stereocenters. The number of nitrogens with one attached hydrogen (secondary N) is 1. The third kappa shape index (κ3) is 2.36. The first-order valence-corrected chi connectivity index (χ1v) is 5.47. The highest BCUT2D eigenvalue weighted by Gasteiger charge is 2.25. The molecule has 7 heteroatoms. The monoisotopic (exact) mass is 257 g/mol. The molecule has 90 valence electrons. The summed E-state index contributed by atoms with van der Waals surface area (Å²) in [5, 5.41) is 2.14. The highest BCUT2D eigenvalue weighted by molar-refractivity contribution is 6.17. The van der Waals surface area contributed by atoms with Gasteiger partial charge in [-0.1, -0.05) is 0 Å². The van der Waals surface area contributed by atoms with Crippen molar-refractivity contribution in [3.63, 3.8) is 0 Å². The van der Waals surface area contributed by atoms with Crippen LogP contribution in [0.25, 0.3) is 0 Å². The van der Waals surface area contributed by atoms with Crippen molar-refractivity contribution in [2.45, 2.75) is 12.3 Å². The molecule has 1 aromatic rings. The number of amides is 3. The van der Waals surface area contributed by atoms with Gasteiger partial charge in [0.05, 0.1) is 5.88 Å². The van der Waals surface area contributed by atoms with E-state index in [2.05, 4.69) is 10.3 Å². The lowest BCUT2D eigenvalue weighted by atomic mass is 10.2. The zero-order valence-corrected chi connectivity index (χ0v) is 9.50. The van der Waals surface area contributed by atoms with Crippen molar-refractivity contribution >= 4 is 29.4 Å². The molecule has 1 aromatic heterocycles. The van der Waals surface area contributed by atoms with E-state index in [0.29, 0.717) is 0 Å². The van der Waals surface area contributed by atoms with Crippen LogP contribution in [0.4, 0.5) is 15.0 Å². The standard InChI is InChI=1S/C10H9ClFN3O2/c11-4-6-5-13-8(3-7(6)12)15-2-1-9(16)14-10(15)17/h3,5H,1-2,4H2,(H,14,16,17). The number of anilines is 1. The number of hydrogen-bond donors (Lipinski definition) is 1. The van der Waals surface area contributed by atoms with Crippen LogP contribution in [0, 0.1) is 5.82 Å². The molecular formula is C10H9ClFN3O2. The minimum atomic E-state index is -0.591. The molecule has 0 radical (unpaired) electrons. The van der Waals surface area contributed by atoms with E-state index in [-0.39, 0.29) is 36.1 Å². The molecule has 0 aromatic carbocycles.